The number of hydrogen-bond donors (Lipinski definition) is 2. The van der Waals surface area contributed by atoms with Gasteiger partial charge in [-0.15, -0.1) is 0 Å². The van der Waals surface area contributed by atoms with Gasteiger partial charge in [-0.25, -0.2) is 13.1 Å². The van der Waals surface area contributed by atoms with Crippen molar-refractivity contribution >= 4 is 22.7 Å². The van der Waals surface area contributed by atoms with Gasteiger partial charge in [0.1, 0.15) is 4.08 Å². The third-order valence-corrected chi connectivity index (χ3v) is 5.27. The van der Waals surface area contributed by atoms with Crippen molar-refractivity contribution in [2.24, 2.45) is 0 Å². The molecule has 0 spiro atoms. The Bertz CT molecular complexity index is 229. The van der Waals surface area contributed by atoms with Crippen LogP contribution in [-0.2, 0) is 10.0 Å². The smallest absolute Gasteiger partial charge is 0.217 e. The van der Waals surface area contributed by atoms with Crippen molar-refractivity contribution in [1.82, 2.24) is 4.72 Å². The first-order chi connectivity index (χ1) is 5.02. The highest BCUT2D eigenvalue weighted by molar-refractivity contribution is 8.05. The fourth-order valence-corrected chi connectivity index (χ4v) is 3.18. The van der Waals surface area contributed by atoms with Crippen molar-refractivity contribution in [2.45, 2.75) is 29.8 Å². The molecule has 1 aliphatic carbocycles. The van der Waals surface area contributed by atoms with E-state index in [1.807, 2.05) is 0 Å². The van der Waals surface area contributed by atoms with Crippen LogP contribution in [0.25, 0.3) is 0 Å². The molecule has 0 amide bonds. The minimum Gasteiger partial charge on any atom is -0.217 e. The Balaban J connectivity index is 2.88. The van der Waals surface area contributed by atoms with Crippen molar-refractivity contribution in [3.05, 3.63) is 0 Å². The van der Waals surface area contributed by atoms with Gasteiger partial charge in [0.25, 0.3) is 0 Å². The van der Waals surface area contributed by atoms with Crippen molar-refractivity contribution in [2.75, 3.05) is 7.05 Å². The minimum atomic E-state index is -3.18. The molecule has 0 bridgehead atoms. The first-order valence-electron chi connectivity index (χ1n) is 3.67. The maximum Gasteiger partial charge on any atom is 0.226 e. The Morgan fingerprint density at radius 2 is 1.82 bits per heavy atom. The topological polar surface area (TPSA) is 46.2 Å². The van der Waals surface area contributed by atoms with Crippen LogP contribution in [0.15, 0.2) is 0 Å². The lowest BCUT2D eigenvalue weighted by Gasteiger charge is -2.21. The summed E-state index contributed by atoms with van der Waals surface area (Å²) in [6, 6.07) is 0. The summed E-state index contributed by atoms with van der Waals surface area (Å²) in [5.74, 6) is 0. The molecular formula is C6H13NO2S2. The summed E-state index contributed by atoms with van der Waals surface area (Å²) in [7, 11) is -1.75. The van der Waals surface area contributed by atoms with Crippen LogP contribution in [0.3, 0.4) is 0 Å². The van der Waals surface area contributed by atoms with Crippen LogP contribution < -0.4 is 4.72 Å². The zero-order valence-electron chi connectivity index (χ0n) is 6.50. The van der Waals surface area contributed by atoms with E-state index in [4.69, 9.17) is 0 Å². The summed E-state index contributed by atoms with van der Waals surface area (Å²) in [6.45, 7) is 0. The fourth-order valence-electron chi connectivity index (χ4n) is 1.39. The third kappa shape index (κ3) is 1.55. The Kier molecular flexibility index (Phi) is 2.51. The van der Waals surface area contributed by atoms with Gasteiger partial charge < -0.3 is 0 Å². The number of hydrogen-bond acceptors (Lipinski definition) is 3. The maximum absolute atomic E-state index is 11.3. The monoisotopic (exact) mass is 195 g/mol. The first kappa shape index (κ1) is 9.35. The molecule has 0 saturated heterocycles. The maximum atomic E-state index is 11.3. The van der Waals surface area contributed by atoms with Crippen molar-refractivity contribution in [1.29, 1.82) is 0 Å². The number of nitrogens with one attached hydrogen (secondary N) is 1. The van der Waals surface area contributed by atoms with E-state index in [0.29, 0.717) is 12.8 Å². The zero-order valence-corrected chi connectivity index (χ0v) is 8.21. The quantitative estimate of drug-likeness (QED) is 0.638. The molecule has 1 N–H and O–H groups in total. The fraction of sp³-hybridized carbons (Fsp3) is 1.00. The lowest BCUT2D eigenvalue weighted by molar-refractivity contribution is 0.564. The summed E-state index contributed by atoms with van der Waals surface area (Å²) in [4.78, 5) is 0. The molecule has 1 aliphatic rings. The summed E-state index contributed by atoms with van der Waals surface area (Å²) >= 11 is 4.19. The van der Waals surface area contributed by atoms with Gasteiger partial charge in [-0.1, -0.05) is 12.8 Å². The van der Waals surface area contributed by atoms with Crippen molar-refractivity contribution < 1.29 is 8.42 Å². The number of thiol groups is 1. The molecule has 0 atom stereocenters. The van der Waals surface area contributed by atoms with Gasteiger partial charge in [0.05, 0.1) is 0 Å². The molecule has 0 radical (unpaired) electrons. The Labute approximate surface area is 73.0 Å². The van der Waals surface area contributed by atoms with Crippen LogP contribution in [0.1, 0.15) is 25.7 Å². The summed E-state index contributed by atoms with van der Waals surface area (Å²) in [6.07, 6.45) is 3.26. The Morgan fingerprint density at radius 1 is 1.36 bits per heavy atom. The largest absolute Gasteiger partial charge is 0.226 e. The molecule has 1 saturated carbocycles. The number of rotatable bonds is 2. The molecule has 0 aromatic carbocycles. The molecule has 0 heterocycles. The van der Waals surface area contributed by atoms with Gasteiger partial charge in [0, 0.05) is 0 Å². The second kappa shape index (κ2) is 2.95. The molecule has 0 unspecified atom stereocenters. The second-order valence-electron chi connectivity index (χ2n) is 2.86. The Hall–Kier alpha value is 0.260. The molecule has 0 aliphatic heterocycles. The van der Waals surface area contributed by atoms with E-state index in [1.165, 1.54) is 7.05 Å². The average molecular weight is 195 g/mol. The normalized spacial score (nSPS) is 23.8. The molecule has 5 heteroatoms. The predicted octanol–water partition coefficient (Wildman–Crippen LogP) is 0.736. The molecule has 0 aromatic heterocycles. The van der Waals surface area contributed by atoms with Crippen molar-refractivity contribution in [3.63, 3.8) is 0 Å². The highest BCUT2D eigenvalue weighted by Crippen LogP contribution is 2.39. The summed E-state index contributed by atoms with van der Waals surface area (Å²) in [5.41, 5.74) is 0. The average Bonchev–Trinajstić information content (AvgIpc) is 2.38. The standard InChI is InChI=1S/C6H13NO2S2/c1-7-11(8,9)6(10)4-2-3-5-6/h7,10H,2-5H2,1H3. The lowest BCUT2D eigenvalue weighted by atomic mass is 10.4. The minimum absolute atomic E-state index is 0.666. The first-order valence-corrected chi connectivity index (χ1v) is 5.60. The molecule has 11 heavy (non-hydrogen) atoms. The van der Waals surface area contributed by atoms with Crippen LogP contribution in [0.4, 0.5) is 0 Å². The molecule has 0 aromatic rings. The van der Waals surface area contributed by atoms with E-state index >= 15 is 0 Å². The van der Waals surface area contributed by atoms with E-state index in [2.05, 4.69) is 17.4 Å². The van der Waals surface area contributed by atoms with E-state index in [0.717, 1.165) is 12.8 Å². The van der Waals surface area contributed by atoms with Gasteiger partial charge in [0.2, 0.25) is 10.0 Å². The highest BCUT2D eigenvalue weighted by Gasteiger charge is 2.41. The Morgan fingerprint density at radius 3 is 2.18 bits per heavy atom. The zero-order chi connectivity index (χ0) is 8.54. The van der Waals surface area contributed by atoms with E-state index < -0.39 is 14.1 Å². The second-order valence-corrected chi connectivity index (χ2v) is 6.22. The summed E-state index contributed by atoms with van der Waals surface area (Å²) in [5, 5.41) is 0. The molecule has 1 rings (SSSR count). The number of sulfonamides is 1. The lowest BCUT2D eigenvalue weighted by Crippen LogP contribution is -2.38. The van der Waals surface area contributed by atoms with Gasteiger partial charge in [-0.3, -0.25) is 0 Å². The molecule has 1 fully saturated rings. The van der Waals surface area contributed by atoms with Gasteiger partial charge in [-0.2, -0.15) is 12.6 Å². The van der Waals surface area contributed by atoms with Crippen LogP contribution in [0.5, 0.6) is 0 Å². The van der Waals surface area contributed by atoms with Crippen LogP contribution in [0, 0.1) is 0 Å². The van der Waals surface area contributed by atoms with E-state index in [9.17, 15) is 8.42 Å². The molecule has 3 nitrogen and oxygen atoms in total. The molecule has 66 valence electrons. The summed E-state index contributed by atoms with van der Waals surface area (Å²) < 4.78 is 24.2. The van der Waals surface area contributed by atoms with Crippen LogP contribution in [0.2, 0.25) is 0 Å². The van der Waals surface area contributed by atoms with Crippen LogP contribution in [-0.4, -0.2) is 19.5 Å². The van der Waals surface area contributed by atoms with Gasteiger partial charge >= 0.3 is 0 Å². The van der Waals surface area contributed by atoms with Gasteiger partial charge in [-0.05, 0) is 19.9 Å². The van der Waals surface area contributed by atoms with Crippen molar-refractivity contribution in [3.8, 4) is 0 Å². The predicted molar refractivity (Wildman–Crippen MR) is 48.2 cm³/mol. The third-order valence-electron chi connectivity index (χ3n) is 2.15. The van der Waals surface area contributed by atoms with Gasteiger partial charge in [0.15, 0.2) is 0 Å². The SMILES string of the molecule is CNS(=O)(=O)C1(S)CCCC1. The van der Waals surface area contributed by atoms with E-state index in [1.54, 1.807) is 0 Å². The van der Waals surface area contributed by atoms with Crippen LogP contribution >= 0.6 is 12.6 Å². The molecular weight excluding hydrogens is 182 g/mol. The van der Waals surface area contributed by atoms with E-state index in [-0.39, 0.29) is 0 Å². The highest BCUT2D eigenvalue weighted by atomic mass is 32.3.